The van der Waals surface area contributed by atoms with Gasteiger partial charge >= 0.3 is 0 Å². The van der Waals surface area contributed by atoms with Crippen LogP contribution in [0.3, 0.4) is 0 Å². The fourth-order valence-corrected chi connectivity index (χ4v) is 2.32. The SMILES string of the molecule is CCCC(C)(C)C1COC(O)C(O)C1O. The molecule has 4 atom stereocenters. The summed E-state index contributed by atoms with van der Waals surface area (Å²) in [6.45, 7) is 6.49. The second-order valence-electron chi connectivity index (χ2n) is 5.05. The van der Waals surface area contributed by atoms with Crippen molar-refractivity contribution in [2.45, 2.75) is 52.1 Å². The minimum absolute atomic E-state index is 0.0880. The molecule has 4 nitrogen and oxygen atoms in total. The van der Waals surface area contributed by atoms with Crippen molar-refractivity contribution >= 4 is 0 Å². The summed E-state index contributed by atoms with van der Waals surface area (Å²) >= 11 is 0. The lowest BCUT2D eigenvalue weighted by Gasteiger charge is -2.43. The van der Waals surface area contributed by atoms with Gasteiger partial charge in [0.05, 0.1) is 12.7 Å². The van der Waals surface area contributed by atoms with Gasteiger partial charge in [-0.05, 0) is 11.8 Å². The molecule has 15 heavy (non-hydrogen) atoms. The molecular formula is C11H22O4. The highest BCUT2D eigenvalue weighted by molar-refractivity contribution is 4.90. The maximum atomic E-state index is 9.88. The van der Waals surface area contributed by atoms with Crippen LogP contribution < -0.4 is 0 Å². The molecule has 90 valence electrons. The van der Waals surface area contributed by atoms with Gasteiger partial charge in [0.2, 0.25) is 0 Å². The van der Waals surface area contributed by atoms with Gasteiger partial charge in [-0.2, -0.15) is 0 Å². The first-order valence-corrected chi connectivity index (χ1v) is 5.56. The van der Waals surface area contributed by atoms with Crippen LogP contribution in [0, 0.1) is 11.3 Å². The molecule has 0 radical (unpaired) electrons. The average molecular weight is 218 g/mol. The molecule has 0 aromatic carbocycles. The third-order valence-electron chi connectivity index (χ3n) is 3.40. The lowest BCUT2D eigenvalue weighted by Crippen LogP contribution is -2.54. The molecule has 1 fully saturated rings. The number of aliphatic hydroxyl groups is 3. The molecule has 4 heteroatoms. The highest BCUT2D eigenvalue weighted by atomic mass is 16.6. The lowest BCUT2D eigenvalue weighted by molar-refractivity contribution is -0.253. The van der Waals surface area contributed by atoms with Crippen LogP contribution in [-0.4, -0.2) is 40.4 Å². The highest BCUT2D eigenvalue weighted by Crippen LogP contribution is 2.38. The van der Waals surface area contributed by atoms with Crippen molar-refractivity contribution in [3.05, 3.63) is 0 Å². The number of hydrogen-bond acceptors (Lipinski definition) is 4. The molecule has 0 saturated carbocycles. The van der Waals surface area contributed by atoms with Crippen LogP contribution in [0.1, 0.15) is 33.6 Å². The molecule has 1 heterocycles. The standard InChI is InChI=1S/C11H22O4/c1-4-5-11(2,3)7-6-15-10(14)9(13)8(7)12/h7-10,12-14H,4-6H2,1-3H3. The monoisotopic (exact) mass is 218 g/mol. The molecule has 0 aromatic heterocycles. The summed E-state index contributed by atoms with van der Waals surface area (Å²) in [4.78, 5) is 0. The maximum absolute atomic E-state index is 9.88. The Kier molecular flexibility index (Phi) is 4.12. The summed E-state index contributed by atoms with van der Waals surface area (Å²) < 4.78 is 5.05. The summed E-state index contributed by atoms with van der Waals surface area (Å²) in [6.07, 6.45) is -1.38. The first-order valence-electron chi connectivity index (χ1n) is 5.56. The van der Waals surface area contributed by atoms with Crippen molar-refractivity contribution in [1.82, 2.24) is 0 Å². The summed E-state index contributed by atoms with van der Waals surface area (Å²) in [5.74, 6) is -0.129. The number of hydrogen-bond donors (Lipinski definition) is 3. The van der Waals surface area contributed by atoms with Gasteiger partial charge < -0.3 is 20.1 Å². The van der Waals surface area contributed by atoms with Gasteiger partial charge in [0.25, 0.3) is 0 Å². The minimum Gasteiger partial charge on any atom is -0.390 e. The van der Waals surface area contributed by atoms with Crippen LogP contribution in [0.15, 0.2) is 0 Å². The Hall–Kier alpha value is -0.160. The van der Waals surface area contributed by atoms with Crippen LogP contribution in [0.2, 0.25) is 0 Å². The summed E-state index contributed by atoms with van der Waals surface area (Å²) in [6, 6.07) is 0. The Morgan fingerprint density at radius 3 is 2.33 bits per heavy atom. The van der Waals surface area contributed by atoms with E-state index >= 15 is 0 Å². The minimum atomic E-state index is -1.26. The van der Waals surface area contributed by atoms with Gasteiger partial charge in [-0.1, -0.05) is 27.2 Å². The zero-order chi connectivity index (χ0) is 11.6. The van der Waals surface area contributed by atoms with E-state index in [9.17, 15) is 15.3 Å². The number of aliphatic hydroxyl groups excluding tert-OH is 3. The van der Waals surface area contributed by atoms with Crippen molar-refractivity contribution < 1.29 is 20.1 Å². The Balaban J connectivity index is 2.70. The van der Waals surface area contributed by atoms with Crippen LogP contribution in [0.25, 0.3) is 0 Å². The first kappa shape index (κ1) is 12.9. The smallest absolute Gasteiger partial charge is 0.183 e. The Labute approximate surface area is 90.9 Å². The Morgan fingerprint density at radius 2 is 1.80 bits per heavy atom. The quantitative estimate of drug-likeness (QED) is 0.645. The molecule has 0 aliphatic carbocycles. The zero-order valence-electron chi connectivity index (χ0n) is 9.68. The van der Waals surface area contributed by atoms with Crippen molar-refractivity contribution in [2.24, 2.45) is 11.3 Å². The molecule has 1 aliphatic rings. The van der Waals surface area contributed by atoms with Gasteiger partial charge in [-0.3, -0.25) is 0 Å². The zero-order valence-corrected chi connectivity index (χ0v) is 9.68. The molecule has 0 aromatic rings. The van der Waals surface area contributed by atoms with Gasteiger partial charge in [0.1, 0.15) is 6.10 Å². The van der Waals surface area contributed by atoms with Crippen LogP contribution in [0.5, 0.6) is 0 Å². The molecule has 0 amide bonds. The number of rotatable bonds is 3. The van der Waals surface area contributed by atoms with E-state index in [2.05, 4.69) is 20.8 Å². The van der Waals surface area contributed by atoms with Crippen molar-refractivity contribution in [3.8, 4) is 0 Å². The van der Waals surface area contributed by atoms with E-state index in [1.54, 1.807) is 0 Å². The molecule has 3 N–H and O–H groups in total. The topological polar surface area (TPSA) is 69.9 Å². The lowest BCUT2D eigenvalue weighted by atomic mass is 9.71. The van der Waals surface area contributed by atoms with E-state index in [1.807, 2.05) is 0 Å². The van der Waals surface area contributed by atoms with Crippen molar-refractivity contribution in [3.63, 3.8) is 0 Å². The van der Waals surface area contributed by atoms with Crippen molar-refractivity contribution in [2.75, 3.05) is 6.61 Å². The van der Waals surface area contributed by atoms with Crippen molar-refractivity contribution in [1.29, 1.82) is 0 Å². The summed E-state index contributed by atoms with van der Waals surface area (Å²) in [5, 5.41) is 28.6. The molecule has 0 bridgehead atoms. The van der Waals surface area contributed by atoms with Gasteiger partial charge in [-0.25, -0.2) is 0 Å². The average Bonchev–Trinajstić information content (AvgIpc) is 2.13. The Morgan fingerprint density at radius 1 is 1.20 bits per heavy atom. The van der Waals surface area contributed by atoms with Crippen LogP contribution in [0.4, 0.5) is 0 Å². The normalized spacial score (nSPS) is 38.0. The third-order valence-corrected chi connectivity index (χ3v) is 3.40. The predicted molar refractivity (Wildman–Crippen MR) is 56.2 cm³/mol. The van der Waals surface area contributed by atoms with E-state index in [0.717, 1.165) is 12.8 Å². The molecule has 1 rings (SSSR count). The van der Waals surface area contributed by atoms with Crippen LogP contribution >= 0.6 is 0 Å². The fourth-order valence-electron chi connectivity index (χ4n) is 2.32. The molecule has 0 spiro atoms. The fraction of sp³-hybridized carbons (Fsp3) is 1.00. The predicted octanol–water partition coefficient (Wildman–Crippen LogP) is 0.499. The molecule has 1 saturated heterocycles. The Bertz CT molecular complexity index is 205. The van der Waals surface area contributed by atoms with Gasteiger partial charge in [-0.15, -0.1) is 0 Å². The maximum Gasteiger partial charge on any atom is 0.183 e. The highest BCUT2D eigenvalue weighted by Gasteiger charge is 2.44. The molecule has 4 unspecified atom stereocenters. The largest absolute Gasteiger partial charge is 0.390 e. The van der Waals surface area contributed by atoms with E-state index in [0.29, 0.717) is 6.61 Å². The molecular weight excluding hydrogens is 196 g/mol. The second kappa shape index (κ2) is 4.78. The van der Waals surface area contributed by atoms with E-state index in [-0.39, 0.29) is 11.3 Å². The molecule has 1 aliphatic heterocycles. The first-order chi connectivity index (χ1) is 6.90. The van der Waals surface area contributed by atoms with Crippen LogP contribution in [-0.2, 0) is 4.74 Å². The third kappa shape index (κ3) is 2.69. The van der Waals surface area contributed by atoms with Gasteiger partial charge in [0.15, 0.2) is 6.29 Å². The van der Waals surface area contributed by atoms with E-state index in [1.165, 1.54) is 0 Å². The summed E-state index contributed by atoms with van der Waals surface area (Å²) in [7, 11) is 0. The van der Waals surface area contributed by atoms with Gasteiger partial charge in [0, 0.05) is 5.92 Å². The summed E-state index contributed by atoms with van der Waals surface area (Å²) in [5.41, 5.74) is -0.0880. The van der Waals surface area contributed by atoms with E-state index < -0.39 is 18.5 Å². The number of ether oxygens (including phenoxy) is 1. The van der Waals surface area contributed by atoms with E-state index in [4.69, 9.17) is 4.74 Å². The second-order valence-corrected chi connectivity index (χ2v) is 5.05.